The highest BCUT2D eigenvalue weighted by molar-refractivity contribution is 5.98. The lowest BCUT2D eigenvalue weighted by Crippen LogP contribution is -2.55. The van der Waals surface area contributed by atoms with E-state index in [4.69, 9.17) is 9.47 Å². The summed E-state index contributed by atoms with van der Waals surface area (Å²) in [5.74, 6) is -2.09. The second-order valence-corrected chi connectivity index (χ2v) is 7.11. The predicted molar refractivity (Wildman–Crippen MR) is 105 cm³/mol. The van der Waals surface area contributed by atoms with Gasteiger partial charge in [-0.2, -0.15) is 0 Å². The second-order valence-electron chi connectivity index (χ2n) is 7.11. The van der Waals surface area contributed by atoms with Crippen molar-refractivity contribution in [1.82, 2.24) is 10.2 Å². The van der Waals surface area contributed by atoms with Crippen molar-refractivity contribution < 1.29 is 28.7 Å². The van der Waals surface area contributed by atoms with Crippen LogP contribution < -0.4 is 10.6 Å². The van der Waals surface area contributed by atoms with Crippen LogP contribution in [0.5, 0.6) is 0 Å². The van der Waals surface area contributed by atoms with E-state index in [1.807, 2.05) is 13.8 Å². The fourth-order valence-corrected chi connectivity index (χ4v) is 3.29. The van der Waals surface area contributed by atoms with Crippen molar-refractivity contribution in [3.63, 3.8) is 0 Å². The number of para-hydroxylation sites is 1. The van der Waals surface area contributed by atoms with Gasteiger partial charge < -0.3 is 19.7 Å². The number of hydrogen-bond donors (Lipinski definition) is 2. The maximum Gasteiger partial charge on any atom is 0.339 e. The van der Waals surface area contributed by atoms with Crippen molar-refractivity contribution in [2.75, 3.05) is 26.1 Å². The minimum Gasteiger partial charge on any atom is -0.467 e. The maximum absolute atomic E-state index is 13.4. The highest BCUT2D eigenvalue weighted by Crippen LogP contribution is 2.23. The first kappa shape index (κ1) is 22.4. The lowest BCUT2D eigenvalue weighted by Gasteiger charge is -2.33. The van der Waals surface area contributed by atoms with Crippen LogP contribution in [0, 0.1) is 5.92 Å². The monoisotopic (exact) mass is 405 g/mol. The molecule has 3 atom stereocenters. The van der Waals surface area contributed by atoms with Gasteiger partial charge in [-0.1, -0.05) is 26.0 Å². The molecule has 1 fully saturated rings. The summed E-state index contributed by atoms with van der Waals surface area (Å²) in [6.45, 7) is 5.12. The van der Waals surface area contributed by atoms with Crippen LogP contribution >= 0.6 is 0 Å². The van der Waals surface area contributed by atoms with Gasteiger partial charge in [0.15, 0.2) is 5.78 Å². The molecule has 1 saturated heterocycles. The SMILES string of the molecule is COC(=O)c1ccccc1NC(C(=O)N1C(C(=O)OC)CNC1C(C)=O)C(C)C. The number of benzene rings is 1. The normalized spacial score (nSPS) is 19.6. The molecule has 158 valence electrons. The summed E-state index contributed by atoms with van der Waals surface area (Å²) in [6, 6.07) is 4.95. The zero-order valence-corrected chi connectivity index (χ0v) is 17.2. The smallest absolute Gasteiger partial charge is 0.339 e. The molecule has 3 unspecified atom stereocenters. The van der Waals surface area contributed by atoms with Gasteiger partial charge in [0.1, 0.15) is 18.2 Å². The Morgan fingerprint density at radius 2 is 1.79 bits per heavy atom. The number of hydrogen-bond acceptors (Lipinski definition) is 8. The number of esters is 2. The van der Waals surface area contributed by atoms with E-state index in [0.29, 0.717) is 5.69 Å². The molecule has 2 N–H and O–H groups in total. The highest BCUT2D eigenvalue weighted by Gasteiger charge is 2.46. The van der Waals surface area contributed by atoms with Crippen molar-refractivity contribution in [2.45, 2.75) is 39.0 Å². The van der Waals surface area contributed by atoms with E-state index in [9.17, 15) is 19.2 Å². The van der Waals surface area contributed by atoms with Gasteiger partial charge in [-0.25, -0.2) is 9.59 Å². The van der Waals surface area contributed by atoms with Crippen LogP contribution in [0.25, 0.3) is 0 Å². The minimum absolute atomic E-state index is 0.117. The standard InChI is InChI=1S/C20H27N3O6/c1-11(2)16(22-14-9-7-6-8-13(14)19(26)28-4)18(25)23-15(20(27)29-5)10-21-17(23)12(3)24/h6-9,11,15-17,21-22H,10H2,1-5H3. The van der Waals surface area contributed by atoms with E-state index in [1.54, 1.807) is 24.3 Å². The Morgan fingerprint density at radius 1 is 1.14 bits per heavy atom. The Bertz CT molecular complexity index is 794. The molecule has 29 heavy (non-hydrogen) atoms. The number of rotatable bonds is 7. The van der Waals surface area contributed by atoms with Gasteiger partial charge in [-0.05, 0) is 25.0 Å². The van der Waals surface area contributed by atoms with Crippen LogP contribution in [-0.2, 0) is 23.9 Å². The summed E-state index contributed by atoms with van der Waals surface area (Å²) in [4.78, 5) is 51.0. The second kappa shape index (κ2) is 9.51. The average Bonchev–Trinajstić information content (AvgIpc) is 3.15. The van der Waals surface area contributed by atoms with E-state index in [0.717, 1.165) is 0 Å². The molecule has 1 aliphatic heterocycles. The number of nitrogens with one attached hydrogen (secondary N) is 2. The highest BCUT2D eigenvalue weighted by atomic mass is 16.5. The topological polar surface area (TPSA) is 114 Å². The van der Waals surface area contributed by atoms with Crippen molar-refractivity contribution in [3.8, 4) is 0 Å². The zero-order chi connectivity index (χ0) is 21.7. The molecule has 0 bridgehead atoms. The van der Waals surface area contributed by atoms with Gasteiger partial charge in [0.05, 0.1) is 19.8 Å². The molecule has 1 aromatic carbocycles. The predicted octanol–water partition coefficient (Wildman–Crippen LogP) is 0.798. The summed E-state index contributed by atoms with van der Waals surface area (Å²) in [6.07, 6.45) is -0.925. The van der Waals surface area contributed by atoms with E-state index < -0.39 is 36.1 Å². The number of carbonyl (C=O) groups is 4. The molecular weight excluding hydrogens is 378 g/mol. The van der Waals surface area contributed by atoms with Crippen LogP contribution in [0.15, 0.2) is 24.3 Å². The number of Topliss-reactive ketones (excluding diaryl/α,β-unsaturated/α-hetero) is 1. The zero-order valence-electron chi connectivity index (χ0n) is 17.2. The Morgan fingerprint density at radius 3 is 2.34 bits per heavy atom. The Kier molecular flexibility index (Phi) is 7.33. The lowest BCUT2D eigenvalue weighted by molar-refractivity contribution is -0.153. The van der Waals surface area contributed by atoms with Crippen molar-refractivity contribution in [2.24, 2.45) is 5.92 Å². The van der Waals surface area contributed by atoms with E-state index in [1.165, 1.54) is 26.0 Å². The molecule has 1 aromatic rings. The molecule has 9 nitrogen and oxygen atoms in total. The Balaban J connectivity index is 2.39. The summed E-state index contributed by atoms with van der Waals surface area (Å²) >= 11 is 0. The van der Waals surface area contributed by atoms with Gasteiger partial charge in [-0.15, -0.1) is 0 Å². The summed E-state index contributed by atoms with van der Waals surface area (Å²) in [5.41, 5.74) is 0.702. The molecule has 0 aromatic heterocycles. The molecule has 0 saturated carbocycles. The fraction of sp³-hybridized carbons (Fsp3) is 0.500. The van der Waals surface area contributed by atoms with E-state index in [2.05, 4.69) is 10.6 Å². The molecular formula is C20H27N3O6. The summed E-state index contributed by atoms with van der Waals surface area (Å²) in [5, 5.41) is 5.99. The molecule has 9 heteroatoms. The first-order valence-electron chi connectivity index (χ1n) is 9.30. The summed E-state index contributed by atoms with van der Waals surface area (Å²) in [7, 11) is 2.51. The van der Waals surface area contributed by atoms with Crippen molar-refractivity contribution in [3.05, 3.63) is 29.8 Å². The maximum atomic E-state index is 13.4. The molecule has 0 spiro atoms. The van der Waals surface area contributed by atoms with Crippen LogP contribution in [0.3, 0.4) is 0 Å². The van der Waals surface area contributed by atoms with Gasteiger partial charge >= 0.3 is 11.9 Å². The number of anilines is 1. The third kappa shape index (κ3) is 4.73. The molecule has 0 radical (unpaired) electrons. The lowest BCUT2D eigenvalue weighted by atomic mass is 10.00. The number of amides is 1. The Labute approximate surface area is 169 Å². The fourth-order valence-electron chi connectivity index (χ4n) is 3.29. The average molecular weight is 405 g/mol. The number of nitrogens with zero attached hydrogens (tertiary/aromatic N) is 1. The number of ether oxygens (including phenoxy) is 2. The van der Waals surface area contributed by atoms with Crippen molar-refractivity contribution >= 4 is 29.3 Å². The molecule has 0 aliphatic carbocycles. The largest absolute Gasteiger partial charge is 0.467 e. The quantitative estimate of drug-likeness (QED) is 0.641. The number of ketones is 1. The first-order valence-corrected chi connectivity index (χ1v) is 9.30. The molecule has 1 aliphatic rings. The van der Waals surface area contributed by atoms with Crippen LogP contribution in [-0.4, -0.2) is 67.5 Å². The third-order valence-corrected chi connectivity index (χ3v) is 4.81. The van der Waals surface area contributed by atoms with Crippen LogP contribution in [0.2, 0.25) is 0 Å². The number of carbonyl (C=O) groups excluding carboxylic acids is 4. The van der Waals surface area contributed by atoms with Gasteiger partial charge in [0, 0.05) is 12.2 Å². The third-order valence-electron chi connectivity index (χ3n) is 4.81. The minimum atomic E-state index is -0.925. The molecule has 1 heterocycles. The number of methoxy groups -OCH3 is 2. The van der Waals surface area contributed by atoms with Gasteiger partial charge in [0.2, 0.25) is 5.91 Å². The van der Waals surface area contributed by atoms with Gasteiger partial charge in [0.25, 0.3) is 0 Å². The van der Waals surface area contributed by atoms with Crippen molar-refractivity contribution in [1.29, 1.82) is 0 Å². The molecule has 2 rings (SSSR count). The Hall–Kier alpha value is -2.94. The first-order chi connectivity index (χ1) is 13.7. The van der Waals surface area contributed by atoms with Crippen LogP contribution in [0.1, 0.15) is 31.1 Å². The van der Waals surface area contributed by atoms with Crippen LogP contribution in [0.4, 0.5) is 5.69 Å². The van der Waals surface area contributed by atoms with E-state index in [-0.39, 0.29) is 23.8 Å². The summed E-state index contributed by atoms with van der Waals surface area (Å²) < 4.78 is 9.60. The molecule has 1 amide bonds. The van der Waals surface area contributed by atoms with Gasteiger partial charge in [-0.3, -0.25) is 14.9 Å². The van der Waals surface area contributed by atoms with E-state index >= 15 is 0 Å².